The summed E-state index contributed by atoms with van der Waals surface area (Å²) in [6.45, 7) is 4.05. The number of hydrogen-bond donors (Lipinski definition) is 2. The first-order chi connectivity index (χ1) is 11.9. The third kappa shape index (κ3) is 3.63. The molecule has 0 aromatic heterocycles. The van der Waals surface area contributed by atoms with E-state index in [0.717, 1.165) is 24.8 Å². The Morgan fingerprint density at radius 1 is 1.28 bits per heavy atom. The Kier molecular flexibility index (Phi) is 4.99. The SMILES string of the molecule is Cc1ccc(C(=O)N2CCCC3(CCC(=O)N(CCO)C3)C2)cc1O. The lowest BCUT2D eigenvalue weighted by Crippen LogP contribution is -2.55. The lowest BCUT2D eigenvalue weighted by Gasteiger charge is -2.48. The van der Waals surface area contributed by atoms with Crippen molar-refractivity contribution < 1.29 is 19.8 Å². The molecule has 1 atom stereocenters. The first-order valence-electron chi connectivity index (χ1n) is 8.92. The molecule has 6 nitrogen and oxygen atoms in total. The highest BCUT2D eigenvalue weighted by Gasteiger charge is 2.42. The van der Waals surface area contributed by atoms with E-state index in [0.29, 0.717) is 38.2 Å². The van der Waals surface area contributed by atoms with Crippen molar-refractivity contribution in [1.82, 2.24) is 9.80 Å². The summed E-state index contributed by atoms with van der Waals surface area (Å²) in [6.07, 6.45) is 3.17. The summed E-state index contributed by atoms with van der Waals surface area (Å²) < 4.78 is 0. The van der Waals surface area contributed by atoms with Crippen LogP contribution in [0.5, 0.6) is 5.75 Å². The van der Waals surface area contributed by atoms with Crippen LogP contribution < -0.4 is 0 Å². The highest BCUT2D eigenvalue weighted by molar-refractivity contribution is 5.94. The lowest BCUT2D eigenvalue weighted by molar-refractivity contribution is -0.139. The molecular weight excluding hydrogens is 320 g/mol. The van der Waals surface area contributed by atoms with Crippen LogP contribution in [0.1, 0.15) is 41.6 Å². The maximum absolute atomic E-state index is 12.9. The summed E-state index contributed by atoms with van der Waals surface area (Å²) in [5.74, 6) is 0.154. The zero-order valence-corrected chi connectivity index (χ0v) is 14.7. The molecule has 2 saturated heterocycles. The molecule has 25 heavy (non-hydrogen) atoms. The number of likely N-dealkylation sites (tertiary alicyclic amines) is 2. The average Bonchev–Trinajstić information content (AvgIpc) is 2.60. The van der Waals surface area contributed by atoms with Crippen LogP contribution in [0.25, 0.3) is 0 Å². The van der Waals surface area contributed by atoms with Crippen molar-refractivity contribution in [3.05, 3.63) is 29.3 Å². The van der Waals surface area contributed by atoms with Gasteiger partial charge in [0.05, 0.1) is 6.61 Å². The Bertz CT molecular complexity index is 675. The Hall–Kier alpha value is -2.08. The van der Waals surface area contributed by atoms with Gasteiger partial charge < -0.3 is 20.0 Å². The number of nitrogens with zero attached hydrogens (tertiary/aromatic N) is 2. The Balaban J connectivity index is 1.75. The molecule has 0 saturated carbocycles. The molecule has 1 unspecified atom stereocenters. The summed E-state index contributed by atoms with van der Waals surface area (Å²) in [5, 5.41) is 19.1. The van der Waals surface area contributed by atoms with Gasteiger partial charge in [0, 0.05) is 43.6 Å². The Morgan fingerprint density at radius 2 is 2.08 bits per heavy atom. The molecule has 136 valence electrons. The van der Waals surface area contributed by atoms with Crippen molar-refractivity contribution in [3.63, 3.8) is 0 Å². The molecular formula is C19H26N2O4. The molecule has 3 rings (SSSR count). The van der Waals surface area contributed by atoms with E-state index < -0.39 is 0 Å². The average molecular weight is 346 g/mol. The molecule has 2 aliphatic heterocycles. The van der Waals surface area contributed by atoms with Crippen molar-refractivity contribution in [2.45, 2.75) is 32.6 Å². The van der Waals surface area contributed by atoms with Gasteiger partial charge in [-0.2, -0.15) is 0 Å². The van der Waals surface area contributed by atoms with Gasteiger partial charge in [-0.05, 0) is 43.9 Å². The first kappa shape index (κ1) is 17.7. The topological polar surface area (TPSA) is 81.1 Å². The van der Waals surface area contributed by atoms with Crippen molar-refractivity contribution in [3.8, 4) is 5.75 Å². The van der Waals surface area contributed by atoms with Crippen LogP contribution in [0.3, 0.4) is 0 Å². The maximum Gasteiger partial charge on any atom is 0.254 e. The van der Waals surface area contributed by atoms with Crippen LogP contribution in [0, 0.1) is 12.3 Å². The minimum Gasteiger partial charge on any atom is -0.508 e. The second-order valence-electron chi connectivity index (χ2n) is 7.37. The summed E-state index contributed by atoms with van der Waals surface area (Å²) >= 11 is 0. The monoisotopic (exact) mass is 346 g/mol. The van der Waals surface area contributed by atoms with E-state index in [1.165, 1.54) is 6.07 Å². The number of benzene rings is 1. The quantitative estimate of drug-likeness (QED) is 0.870. The molecule has 6 heteroatoms. The van der Waals surface area contributed by atoms with E-state index in [1.807, 2.05) is 4.90 Å². The van der Waals surface area contributed by atoms with Crippen LogP contribution in [0.4, 0.5) is 0 Å². The van der Waals surface area contributed by atoms with Gasteiger partial charge in [-0.25, -0.2) is 0 Å². The number of phenols is 1. The number of aliphatic hydroxyl groups excluding tert-OH is 1. The fourth-order valence-corrected chi connectivity index (χ4v) is 4.07. The number of hydrogen-bond acceptors (Lipinski definition) is 4. The number of phenolic OH excluding ortho intramolecular Hbond substituents is 1. The van der Waals surface area contributed by atoms with Crippen molar-refractivity contribution in [2.24, 2.45) is 5.41 Å². The van der Waals surface area contributed by atoms with Gasteiger partial charge in [0.2, 0.25) is 5.91 Å². The number of rotatable bonds is 3. The van der Waals surface area contributed by atoms with E-state index in [2.05, 4.69) is 0 Å². The van der Waals surface area contributed by atoms with E-state index in [-0.39, 0.29) is 29.6 Å². The Morgan fingerprint density at radius 3 is 2.80 bits per heavy atom. The third-order valence-corrected chi connectivity index (χ3v) is 5.52. The summed E-state index contributed by atoms with van der Waals surface area (Å²) in [7, 11) is 0. The number of aromatic hydroxyl groups is 1. The van der Waals surface area contributed by atoms with Gasteiger partial charge in [-0.1, -0.05) is 6.07 Å². The minimum atomic E-state index is -0.0796. The minimum absolute atomic E-state index is 0.0346. The summed E-state index contributed by atoms with van der Waals surface area (Å²) in [4.78, 5) is 28.5. The molecule has 0 aliphatic carbocycles. The predicted octanol–water partition coefficient (Wildman–Crippen LogP) is 1.54. The molecule has 0 bridgehead atoms. The van der Waals surface area contributed by atoms with E-state index >= 15 is 0 Å². The summed E-state index contributed by atoms with van der Waals surface area (Å²) in [5.41, 5.74) is 1.17. The van der Waals surface area contributed by atoms with Crippen LogP contribution >= 0.6 is 0 Å². The molecule has 2 aliphatic rings. The number of carbonyl (C=O) groups is 2. The molecule has 2 N–H and O–H groups in total. The number of piperidine rings is 2. The molecule has 1 spiro atoms. The normalized spacial score (nSPS) is 24.0. The number of carbonyl (C=O) groups excluding carboxylic acids is 2. The summed E-state index contributed by atoms with van der Waals surface area (Å²) in [6, 6.07) is 5.03. The van der Waals surface area contributed by atoms with Gasteiger partial charge in [-0.3, -0.25) is 9.59 Å². The van der Waals surface area contributed by atoms with Gasteiger partial charge in [-0.15, -0.1) is 0 Å². The van der Waals surface area contributed by atoms with Gasteiger partial charge >= 0.3 is 0 Å². The molecule has 1 aromatic carbocycles. The fourth-order valence-electron chi connectivity index (χ4n) is 4.07. The van der Waals surface area contributed by atoms with E-state index in [9.17, 15) is 19.8 Å². The zero-order chi connectivity index (χ0) is 18.0. The van der Waals surface area contributed by atoms with Crippen molar-refractivity contribution >= 4 is 11.8 Å². The smallest absolute Gasteiger partial charge is 0.254 e. The second kappa shape index (κ2) is 7.04. The predicted molar refractivity (Wildman–Crippen MR) is 93.3 cm³/mol. The van der Waals surface area contributed by atoms with E-state index in [4.69, 9.17) is 0 Å². The second-order valence-corrected chi connectivity index (χ2v) is 7.37. The highest BCUT2D eigenvalue weighted by atomic mass is 16.3. The number of aryl methyl sites for hydroxylation is 1. The lowest BCUT2D eigenvalue weighted by atomic mass is 9.73. The molecule has 2 heterocycles. The maximum atomic E-state index is 12.9. The Labute approximate surface area is 148 Å². The van der Waals surface area contributed by atoms with Crippen LogP contribution in [0.2, 0.25) is 0 Å². The van der Waals surface area contributed by atoms with Crippen molar-refractivity contribution in [2.75, 3.05) is 32.8 Å². The highest BCUT2D eigenvalue weighted by Crippen LogP contribution is 2.39. The molecule has 2 amide bonds. The zero-order valence-electron chi connectivity index (χ0n) is 14.7. The van der Waals surface area contributed by atoms with Crippen molar-refractivity contribution in [1.29, 1.82) is 0 Å². The van der Waals surface area contributed by atoms with E-state index in [1.54, 1.807) is 24.0 Å². The molecule has 1 aromatic rings. The van der Waals surface area contributed by atoms with Crippen LogP contribution in [-0.2, 0) is 4.79 Å². The van der Waals surface area contributed by atoms with Gasteiger partial charge in [0.1, 0.15) is 5.75 Å². The number of β-amino-alcohol motifs (C(OH)–C–C–N with tert-alkyl or cyclic N) is 1. The van der Waals surface area contributed by atoms with Crippen LogP contribution in [-0.4, -0.2) is 64.6 Å². The van der Waals surface area contributed by atoms with Crippen LogP contribution in [0.15, 0.2) is 18.2 Å². The molecule has 0 radical (unpaired) electrons. The standard InChI is InChI=1S/C19H26N2O4/c1-14-3-4-15(11-16(14)23)18(25)21-8-2-6-19(13-21)7-5-17(24)20(12-19)9-10-22/h3-4,11,22-23H,2,5-10,12-13H2,1H3. The number of amides is 2. The fraction of sp³-hybridized carbons (Fsp3) is 0.579. The third-order valence-electron chi connectivity index (χ3n) is 5.52. The number of aliphatic hydroxyl groups is 1. The van der Waals surface area contributed by atoms with Gasteiger partial charge in [0.15, 0.2) is 0 Å². The molecule has 2 fully saturated rings. The largest absolute Gasteiger partial charge is 0.508 e. The van der Waals surface area contributed by atoms with Gasteiger partial charge in [0.25, 0.3) is 5.91 Å². The first-order valence-corrected chi connectivity index (χ1v) is 8.92.